The maximum Gasteiger partial charge on any atom is 0.218 e. The van der Waals surface area contributed by atoms with Crippen LogP contribution < -0.4 is 11.1 Å². The Hall–Kier alpha value is -0.570. The largest absolute Gasteiger partial charge is 0.370 e. The number of amides is 1. The predicted molar refractivity (Wildman–Crippen MR) is 62.4 cm³/mol. The first-order valence-corrected chi connectivity index (χ1v) is 5.95. The molecular weight excluding hydrogens is 188 g/mol. The van der Waals surface area contributed by atoms with Crippen LogP contribution >= 0.6 is 0 Å². The molecule has 0 aromatic carbocycles. The van der Waals surface area contributed by atoms with Gasteiger partial charge in [0.1, 0.15) is 0 Å². The lowest BCUT2D eigenvalue weighted by molar-refractivity contribution is -0.118. The van der Waals surface area contributed by atoms with Gasteiger partial charge in [-0.05, 0) is 37.5 Å². The van der Waals surface area contributed by atoms with Crippen molar-refractivity contribution in [2.75, 3.05) is 6.54 Å². The highest BCUT2D eigenvalue weighted by Crippen LogP contribution is 2.50. The average molecular weight is 212 g/mol. The summed E-state index contributed by atoms with van der Waals surface area (Å²) in [6.07, 6.45) is 4.41. The molecule has 1 atom stereocenters. The molecule has 15 heavy (non-hydrogen) atoms. The number of hydrogen-bond acceptors (Lipinski definition) is 2. The highest BCUT2D eigenvalue weighted by molar-refractivity contribution is 5.74. The summed E-state index contributed by atoms with van der Waals surface area (Å²) < 4.78 is 0. The molecule has 0 spiro atoms. The van der Waals surface area contributed by atoms with Crippen LogP contribution in [0.4, 0.5) is 0 Å². The van der Waals surface area contributed by atoms with E-state index in [2.05, 4.69) is 19.2 Å². The molecule has 1 unspecified atom stereocenters. The molecule has 0 aromatic heterocycles. The van der Waals surface area contributed by atoms with Crippen molar-refractivity contribution in [3.8, 4) is 0 Å². The van der Waals surface area contributed by atoms with Gasteiger partial charge in [-0.1, -0.05) is 13.8 Å². The average Bonchev–Trinajstić information content (AvgIpc) is 2.80. The van der Waals surface area contributed by atoms with E-state index in [0.29, 0.717) is 11.8 Å². The van der Waals surface area contributed by atoms with E-state index in [-0.39, 0.29) is 11.9 Å². The van der Waals surface area contributed by atoms with Crippen LogP contribution in [0.15, 0.2) is 0 Å². The summed E-state index contributed by atoms with van der Waals surface area (Å²) in [4.78, 5) is 10.7. The Kier molecular flexibility index (Phi) is 4.14. The molecule has 0 heterocycles. The van der Waals surface area contributed by atoms with Crippen molar-refractivity contribution in [2.45, 2.75) is 52.5 Å². The maximum atomic E-state index is 10.7. The van der Waals surface area contributed by atoms with Crippen molar-refractivity contribution >= 4 is 5.91 Å². The molecule has 3 heteroatoms. The first kappa shape index (κ1) is 12.5. The first-order chi connectivity index (χ1) is 6.93. The lowest BCUT2D eigenvalue weighted by atomic mass is 9.94. The zero-order chi connectivity index (χ0) is 11.5. The molecule has 3 N–H and O–H groups in total. The van der Waals surface area contributed by atoms with E-state index in [0.717, 1.165) is 12.5 Å². The van der Waals surface area contributed by atoms with Crippen molar-refractivity contribution in [3.05, 3.63) is 0 Å². The van der Waals surface area contributed by atoms with Gasteiger partial charge in [0.25, 0.3) is 0 Å². The van der Waals surface area contributed by atoms with Crippen LogP contribution in [0.25, 0.3) is 0 Å². The van der Waals surface area contributed by atoms with E-state index >= 15 is 0 Å². The van der Waals surface area contributed by atoms with Crippen molar-refractivity contribution in [3.63, 3.8) is 0 Å². The molecular formula is C12H24N2O. The summed E-state index contributed by atoms with van der Waals surface area (Å²) in [5.74, 6) is 0.546. The van der Waals surface area contributed by atoms with E-state index in [1.54, 1.807) is 0 Å². The fourth-order valence-electron chi connectivity index (χ4n) is 2.26. The van der Waals surface area contributed by atoms with Gasteiger partial charge in [-0.2, -0.15) is 0 Å². The van der Waals surface area contributed by atoms with Gasteiger partial charge in [0.15, 0.2) is 0 Å². The summed E-state index contributed by atoms with van der Waals surface area (Å²) in [5.41, 5.74) is 5.68. The molecule has 1 aliphatic carbocycles. The van der Waals surface area contributed by atoms with Crippen LogP contribution in [0.5, 0.6) is 0 Å². The van der Waals surface area contributed by atoms with Crippen molar-refractivity contribution < 1.29 is 4.79 Å². The SMILES string of the molecule is CC(C)CC1(CNC(C)CC(N)=O)CC1. The van der Waals surface area contributed by atoms with Gasteiger partial charge < -0.3 is 11.1 Å². The monoisotopic (exact) mass is 212 g/mol. The smallest absolute Gasteiger partial charge is 0.218 e. The van der Waals surface area contributed by atoms with Crippen molar-refractivity contribution in [2.24, 2.45) is 17.1 Å². The number of nitrogens with one attached hydrogen (secondary N) is 1. The van der Waals surface area contributed by atoms with Gasteiger partial charge in [-0.15, -0.1) is 0 Å². The van der Waals surface area contributed by atoms with E-state index in [9.17, 15) is 4.79 Å². The van der Waals surface area contributed by atoms with Crippen LogP contribution in [0.2, 0.25) is 0 Å². The Bertz CT molecular complexity index is 222. The maximum absolute atomic E-state index is 10.7. The number of carbonyl (C=O) groups excluding carboxylic acids is 1. The Labute approximate surface area is 92.8 Å². The highest BCUT2D eigenvalue weighted by Gasteiger charge is 2.42. The third kappa shape index (κ3) is 4.65. The van der Waals surface area contributed by atoms with Crippen LogP contribution in [-0.2, 0) is 4.79 Å². The minimum Gasteiger partial charge on any atom is -0.370 e. The number of carbonyl (C=O) groups is 1. The van der Waals surface area contributed by atoms with Crippen LogP contribution in [0, 0.1) is 11.3 Å². The molecule has 1 aliphatic rings. The molecule has 0 aliphatic heterocycles. The molecule has 1 amide bonds. The number of rotatable bonds is 7. The quantitative estimate of drug-likeness (QED) is 0.674. The van der Waals surface area contributed by atoms with Crippen molar-refractivity contribution in [1.29, 1.82) is 0 Å². The zero-order valence-corrected chi connectivity index (χ0v) is 10.2. The lowest BCUT2D eigenvalue weighted by Crippen LogP contribution is -2.35. The highest BCUT2D eigenvalue weighted by atomic mass is 16.1. The topological polar surface area (TPSA) is 55.1 Å². The molecule has 0 aromatic rings. The van der Waals surface area contributed by atoms with E-state index < -0.39 is 0 Å². The normalized spacial score (nSPS) is 20.3. The fourth-order valence-corrected chi connectivity index (χ4v) is 2.26. The first-order valence-electron chi connectivity index (χ1n) is 5.95. The van der Waals surface area contributed by atoms with Crippen LogP contribution in [-0.4, -0.2) is 18.5 Å². The molecule has 3 nitrogen and oxygen atoms in total. The molecule has 0 radical (unpaired) electrons. The molecule has 88 valence electrons. The molecule has 1 fully saturated rings. The summed E-state index contributed by atoms with van der Waals surface area (Å²) in [6.45, 7) is 7.61. The fraction of sp³-hybridized carbons (Fsp3) is 0.917. The van der Waals surface area contributed by atoms with Gasteiger partial charge in [0, 0.05) is 19.0 Å². The van der Waals surface area contributed by atoms with Gasteiger partial charge in [-0.3, -0.25) is 4.79 Å². The van der Waals surface area contributed by atoms with Crippen molar-refractivity contribution in [1.82, 2.24) is 5.32 Å². The summed E-state index contributed by atoms with van der Waals surface area (Å²) in [6, 6.07) is 0.215. The van der Waals surface area contributed by atoms with Gasteiger partial charge in [0.05, 0.1) is 0 Å². The third-order valence-corrected chi connectivity index (χ3v) is 3.13. The second-order valence-electron chi connectivity index (χ2n) is 5.55. The number of hydrogen-bond donors (Lipinski definition) is 2. The minimum atomic E-state index is -0.219. The lowest BCUT2D eigenvalue weighted by Gasteiger charge is -2.21. The minimum absolute atomic E-state index is 0.215. The molecule has 1 rings (SSSR count). The standard InChI is InChI=1S/C12H24N2O/c1-9(2)7-12(4-5-12)8-14-10(3)6-11(13)15/h9-10,14H,4-8H2,1-3H3,(H2,13,15). The van der Waals surface area contributed by atoms with Gasteiger partial charge in [-0.25, -0.2) is 0 Å². The Balaban J connectivity index is 2.21. The summed E-state index contributed by atoms with van der Waals surface area (Å²) in [7, 11) is 0. The molecule has 0 bridgehead atoms. The van der Waals surface area contributed by atoms with Crippen LogP contribution in [0.1, 0.15) is 46.5 Å². The summed E-state index contributed by atoms with van der Waals surface area (Å²) >= 11 is 0. The molecule has 0 saturated heterocycles. The predicted octanol–water partition coefficient (Wildman–Crippen LogP) is 1.67. The Morgan fingerprint density at radius 1 is 1.40 bits per heavy atom. The van der Waals surface area contributed by atoms with Gasteiger partial charge >= 0.3 is 0 Å². The van der Waals surface area contributed by atoms with E-state index in [1.165, 1.54) is 19.3 Å². The number of nitrogens with two attached hydrogens (primary N) is 1. The second-order valence-corrected chi connectivity index (χ2v) is 5.55. The summed E-state index contributed by atoms with van der Waals surface area (Å²) in [5, 5.41) is 3.42. The van der Waals surface area contributed by atoms with Crippen LogP contribution in [0.3, 0.4) is 0 Å². The van der Waals surface area contributed by atoms with Gasteiger partial charge in [0.2, 0.25) is 5.91 Å². The van der Waals surface area contributed by atoms with E-state index in [1.807, 2.05) is 6.92 Å². The van der Waals surface area contributed by atoms with E-state index in [4.69, 9.17) is 5.73 Å². The molecule has 1 saturated carbocycles. The third-order valence-electron chi connectivity index (χ3n) is 3.13. The second kappa shape index (κ2) is 4.97. The Morgan fingerprint density at radius 3 is 2.40 bits per heavy atom. The number of primary amides is 1. The zero-order valence-electron chi connectivity index (χ0n) is 10.2. The Morgan fingerprint density at radius 2 is 2.00 bits per heavy atom.